The minimum absolute atomic E-state index is 0.0663. The van der Waals surface area contributed by atoms with Crippen LogP contribution in [0.4, 0.5) is 17.1 Å². The predicted octanol–water partition coefficient (Wildman–Crippen LogP) is 6.76. The summed E-state index contributed by atoms with van der Waals surface area (Å²) in [6.07, 6.45) is 11.2. The summed E-state index contributed by atoms with van der Waals surface area (Å²) >= 11 is 5.77. The van der Waals surface area contributed by atoms with E-state index in [4.69, 9.17) is 11.6 Å². The summed E-state index contributed by atoms with van der Waals surface area (Å²) in [5, 5.41) is 15.6. The number of nitrogens with one attached hydrogen (secondary N) is 3. The molecule has 0 fully saturated rings. The Labute approximate surface area is 214 Å². The van der Waals surface area contributed by atoms with E-state index in [1.54, 1.807) is 30.3 Å². The molecule has 0 saturated heterocycles. The van der Waals surface area contributed by atoms with Gasteiger partial charge in [-0.25, -0.2) is 8.42 Å². The van der Waals surface area contributed by atoms with Crippen LogP contribution in [0.5, 0.6) is 5.75 Å². The number of benzene rings is 2. The number of carbonyl (C=O) groups is 1. The van der Waals surface area contributed by atoms with Crippen molar-refractivity contribution in [2.45, 2.75) is 71.1 Å². The van der Waals surface area contributed by atoms with E-state index in [9.17, 15) is 18.3 Å². The summed E-state index contributed by atoms with van der Waals surface area (Å²) in [7, 11) is -3.61. The Morgan fingerprint density at radius 2 is 1.54 bits per heavy atom. The van der Waals surface area contributed by atoms with Gasteiger partial charge in [-0.05, 0) is 36.8 Å². The van der Waals surface area contributed by atoms with Crippen LogP contribution in [0.3, 0.4) is 0 Å². The number of carbonyl (C=O) groups excluding carboxylic acids is 1. The van der Waals surface area contributed by atoms with Crippen LogP contribution in [0, 0.1) is 0 Å². The molecule has 2 aromatic carbocycles. The van der Waals surface area contributed by atoms with Crippen LogP contribution in [0.25, 0.3) is 0 Å². The summed E-state index contributed by atoms with van der Waals surface area (Å²) in [5.74, 6) is -0.316. The molecule has 4 N–H and O–H groups in total. The highest BCUT2D eigenvalue weighted by atomic mass is 35.5. The number of rotatable bonds is 17. The van der Waals surface area contributed by atoms with Crippen LogP contribution >= 0.6 is 11.6 Å². The third-order valence-electron chi connectivity index (χ3n) is 5.57. The topological polar surface area (TPSA) is 108 Å². The highest BCUT2D eigenvalue weighted by molar-refractivity contribution is 7.92. The minimum atomic E-state index is -3.61. The van der Waals surface area contributed by atoms with Crippen molar-refractivity contribution in [1.82, 2.24) is 0 Å². The Bertz CT molecular complexity index is 1030. The fourth-order valence-electron chi connectivity index (χ4n) is 3.66. The number of amides is 1. The van der Waals surface area contributed by atoms with Gasteiger partial charge in [0.05, 0.1) is 16.5 Å². The van der Waals surface area contributed by atoms with Crippen LogP contribution in [0.2, 0.25) is 5.02 Å². The van der Waals surface area contributed by atoms with Crippen molar-refractivity contribution >= 4 is 44.6 Å². The van der Waals surface area contributed by atoms with Crippen LogP contribution < -0.4 is 15.4 Å². The maximum Gasteiger partial charge on any atom is 0.234 e. The standard InChI is InChI=1S/C26H38ClN3O4S/c1-2-3-4-5-6-7-8-9-10-14-26(32)29-22-12-11-13-23(19-22)30-35(33,34)18-17-28-21-15-16-24(27)25(31)20-21/h11-13,15-16,19-20,28,30-31H,2-10,14,17-18H2,1H3,(H,29,32). The molecule has 0 heterocycles. The molecule has 0 atom stereocenters. The predicted molar refractivity (Wildman–Crippen MR) is 146 cm³/mol. The van der Waals surface area contributed by atoms with Gasteiger partial charge in [0.1, 0.15) is 5.75 Å². The zero-order chi connectivity index (χ0) is 25.5. The van der Waals surface area contributed by atoms with Crippen molar-refractivity contribution in [2.24, 2.45) is 0 Å². The Morgan fingerprint density at radius 1 is 0.886 bits per heavy atom. The van der Waals surface area contributed by atoms with Gasteiger partial charge in [-0.1, -0.05) is 76.0 Å². The van der Waals surface area contributed by atoms with Crippen molar-refractivity contribution in [3.63, 3.8) is 0 Å². The second-order valence-corrected chi connectivity index (χ2v) is 11.0. The molecule has 9 heteroatoms. The Balaban J connectivity index is 1.69. The average Bonchev–Trinajstić information content (AvgIpc) is 2.80. The maximum atomic E-state index is 12.4. The van der Waals surface area contributed by atoms with Gasteiger partial charge >= 0.3 is 0 Å². The number of aromatic hydroxyl groups is 1. The molecule has 0 aliphatic heterocycles. The number of anilines is 3. The van der Waals surface area contributed by atoms with Gasteiger partial charge in [-0.2, -0.15) is 0 Å². The van der Waals surface area contributed by atoms with Gasteiger partial charge in [0, 0.05) is 30.4 Å². The zero-order valence-corrected chi connectivity index (χ0v) is 22.1. The van der Waals surface area contributed by atoms with Crippen molar-refractivity contribution < 1.29 is 18.3 Å². The average molecular weight is 524 g/mol. The molecule has 0 aliphatic rings. The number of phenolic OH excluding ortho intramolecular Hbond substituents is 1. The second kappa shape index (κ2) is 15.5. The number of halogens is 1. The van der Waals surface area contributed by atoms with Gasteiger partial charge in [0.2, 0.25) is 15.9 Å². The molecule has 7 nitrogen and oxygen atoms in total. The lowest BCUT2D eigenvalue weighted by molar-refractivity contribution is -0.116. The number of hydrogen-bond acceptors (Lipinski definition) is 5. The number of phenols is 1. The lowest BCUT2D eigenvalue weighted by Crippen LogP contribution is -2.22. The van der Waals surface area contributed by atoms with Crippen molar-refractivity contribution in [3.05, 3.63) is 47.5 Å². The van der Waals surface area contributed by atoms with E-state index < -0.39 is 10.0 Å². The van der Waals surface area contributed by atoms with Crippen LogP contribution in [-0.4, -0.2) is 31.7 Å². The lowest BCUT2D eigenvalue weighted by Gasteiger charge is -2.12. The van der Waals surface area contributed by atoms with E-state index in [1.807, 2.05) is 0 Å². The molecule has 0 radical (unpaired) electrons. The van der Waals surface area contributed by atoms with Crippen LogP contribution in [0.15, 0.2) is 42.5 Å². The van der Waals surface area contributed by atoms with Gasteiger partial charge < -0.3 is 15.7 Å². The molecular weight excluding hydrogens is 486 g/mol. The first-order valence-corrected chi connectivity index (χ1v) is 14.4. The molecule has 194 valence electrons. The van der Waals surface area contributed by atoms with E-state index in [2.05, 4.69) is 22.3 Å². The molecule has 35 heavy (non-hydrogen) atoms. The van der Waals surface area contributed by atoms with Gasteiger partial charge in [-0.3, -0.25) is 9.52 Å². The highest BCUT2D eigenvalue weighted by Gasteiger charge is 2.11. The second-order valence-electron chi connectivity index (χ2n) is 8.72. The first-order valence-electron chi connectivity index (χ1n) is 12.4. The Morgan fingerprint density at radius 3 is 2.23 bits per heavy atom. The summed E-state index contributed by atoms with van der Waals surface area (Å²) in [4.78, 5) is 12.3. The molecule has 0 aromatic heterocycles. The Hall–Kier alpha value is -2.45. The normalized spacial score (nSPS) is 11.3. The summed E-state index contributed by atoms with van der Waals surface area (Å²) in [5.41, 5.74) is 1.51. The minimum Gasteiger partial charge on any atom is -0.506 e. The van der Waals surface area contributed by atoms with Gasteiger partial charge in [0.15, 0.2) is 0 Å². The SMILES string of the molecule is CCCCCCCCCCCC(=O)Nc1cccc(NS(=O)(=O)CCNc2ccc(Cl)c(O)c2)c1. The first kappa shape index (κ1) is 28.8. The van der Waals surface area contributed by atoms with Crippen molar-refractivity contribution in [2.75, 3.05) is 27.7 Å². The molecule has 0 aliphatic carbocycles. The smallest absolute Gasteiger partial charge is 0.234 e. The number of hydrogen-bond donors (Lipinski definition) is 4. The molecule has 0 bridgehead atoms. The molecule has 0 spiro atoms. The van der Waals surface area contributed by atoms with E-state index in [0.29, 0.717) is 23.5 Å². The van der Waals surface area contributed by atoms with E-state index in [1.165, 1.54) is 50.7 Å². The Kier molecular flexibility index (Phi) is 12.8. The van der Waals surface area contributed by atoms with E-state index in [0.717, 1.165) is 19.3 Å². The molecule has 2 rings (SSSR count). The monoisotopic (exact) mass is 523 g/mol. The third-order valence-corrected chi connectivity index (χ3v) is 7.18. The highest BCUT2D eigenvalue weighted by Crippen LogP contribution is 2.26. The number of sulfonamides is 1. The van der Waals surface area contributed by atoms with Crippen LogP contribution in [-0.2, 0) is 14.8 Å². The fourth-order valence-corrected chi connectivity index (χ4v) is 4.74. The zero-order valence-electron chi connectivity index (χ0n) is 20.5. The summed E-state index contributed by atoms with van der Waals surface area (Å²) < 4.78 is 27.4. The molecular formula is C26H38ClN3O4S. The van der Waals surface area contributed by atoms with Crippen molar-refractivity contribution in [1.29, 1.82) is 0 Å². The molecule has 0 unspecified atom stereocenters. The van der Waals surface area contributed by atoms with Gasteiger partial charge in [0.25, 0.3) is 0 Å². The van der Waals surface area contributed by atoms with E-state index >= 15 is 0 Å². The summed E-state index contributed by atoms with van der Waals surface area (Å²) in [6, 6.07) is 11.3. The fraction of sp³-hybridized carbons (Fsp3) is 0.500. The lowest BCUT2D eigenvalue weighted by atomic mass is 10.1. The first-order chi connectivity index (χ1) is 16.8. The molecule has 1 amide bonds. The quantitative estimate of drug-likeness (QED) is 0.171. The van der Waals surface area contributed by atoms with E-state index in [-0.39, 0.29) is 29.0 Å². The van der Waals surface area contributed by atoms with Gasteiger partial charge in [-0.15, -0.1) is 0 Å². The van der Waals surface area contributed by atoms with Crippen molar-refractivity contribution in [3.8, 4) is 5.75 Å². The third kappa shape index (κ3) is 12.2. The maximum absolute atomic E-state index is 12.4. The molecule has 2 aromatic rings. The number of unbranched alkanes of at least 4 members (excludes halogenated alkanes) is 8. The van der Waals surface area contributed by atoms with Crippen LogP contribution in [0.1, 0.15) is 71.1 Å². The summed E-state index contributed by atoms with van der Waals surface area (Å²) in [6.45, 7) is 2.36. The largest absolute Gasteiger partial charge is 0.506 e. The molecule has 0 saturated carbocycles.